The highest BCUT2D eigenvalue weighted by atomic mass is 32.2. The van der Waals surface area contributed by atoms with Gasteiger partial charge in [-0.3, -0.25) is 0 Å². The van der Waals surface area contributed by atoms with Crippen LogP contribution in [0.3, 0.4) is 0 Å². The zero-order valence-electron chi connectivity index (χ0n) is 9.48. The van der Waals surface area contributed by atoms with Crippen molar-refractivity contribution in [3.63, 3.8) is 0 Å². The van der Waals surface area contributed by atoms with E-state index in [0.717, 1.165) is 37.9 Å². The average molecular weight is 231 g/mol. The molecule has 1 saturated heterocycles. The minimum absolute atomic E-state index is 0.370. The summed E-state index contributed by atoms with van der Waals surface area (Å²) in [4.78, 5) is 2.35. The van der Waals surface area contributed by atoms with Gasteiger partial charge in [0.1, 0.15) is 0 Å². The maximum absolute atomic E-state index is 11.4. The van der Waals surface area contributed by atoms with E-state index in [-0.39, 0.29) is 0 Å². The first-order valence-electron chi connectivity index (χ1n) is 5.98. The van der Waals surface area contributed by atoms with Crippen LogP contribution in [0.1, 0.15) is 26.2 Å². The maximum Gasteiger partial charge on any atom is 0.151 e. The molecule has 0 aromatic heterocycles. The van der Waals surface area contributed by atoms with E-state index >= 15 is 0 Å². The van der Waals surface area contributed by atoms with Crippen molar-refractivity contribution in [2.45, 2.75) is 26.2 Å². The van der Waals surface area contributed by atoms with Crippen molar-refractivity contribution in [1.29, 1.82) is 0 Å². The summed E-state index contributed by atoms with van der Waals surface area (Å²) in [7, 11) is -2.73. The molecule has 1 aliphatic heterocycles. The third kappa shape index (κ3) is 3.18. The van der Waals surface area contributed by atoms with Crippen LogP contribution in [-0.2, 0) is 9.84 Å². The van der Waals surface area contributed by atoms with Gasteiger partial charge in [0.15, 0.2) is 9.84 Å². The molecular weight excluding hydrogens is 210 g/mol. The lowest BCUT2D eigenvalue weighted by molar-refractivity contribution is 0.139. The Bertz CT molecular complexity index is 307. The van der Waals surface area contributed by atoms with Crippen LogP contribution in [-0.4, -0.2) is 44.5 Å². The van der Waals surface area contributed by atoms with Gasteiger partial charge in [0, 0.05) is 13.1 Å². The molecule has 0 spiro atoms. The van der Waals surface area contributed by atoms with Gasteiger partial charge in [-0.2, -0.15) is 0 Å². The third-order valence-electron chi connectivity index (χ3n) is 3.64. The van der Waals surface area contributed by atoms with Gasteiger partial charge in [-0.25, -0.2) is 8.42 Å². The van der Waals surface area contributed by atoms with Crippen LogP contribution in [0.4, 0.5) is 0 Å². The quantitative estimate of drug-likeness (QED) is 0.715. The van der Waals surface area contributed by atoms with Gasteiger partial charge < -0.3 is 4.90 Å². The predicted molar refractivity (Wildman–Crippen MR) is 61.6 cm³/mol. The van der Waals surface area contributed by atoms with Crippen LogP contribution in [0.5, 0.6) is 0 Å². The zero-order chi connectivity index (χ0) is 10.9. The van der Waals surface area contributed by atoms with E-state index in [1.54, 1.807) is 0 Å². The molecule has 15 heavy (non-hydrogen) atoms. The number of sulfone groups is 1. The van der Waals surface area contributed by atoms with E-state index in [0.29, 0.717) is 11.5 Å². The molecule has 1 heterocycles. The third-order valence-corrected chi connectivity index (χ3v) is 5.35. The van der Waals surface area contributed by atoms with Crippen LogP contribution in [0.15, 0.2) is 0 Å². The monoisotopic (exact) mass is 231 g/mol. The molecule has 0 radical (unpaired) electrons. The van der Waals surface area contributed by atoms with Crippen LogP contribution < -0.4 is 0 Å². The average Bonchev–Trinajstić information content (AvgIpc) is 2.25. The van der Waals surface area contributed by atoms with Gasteiger partial charge in [0.05, 0.1) is 11.5 Å². The molecule has 0 unspecified atom stereocenters. The largest absolute Gasteiger partial charge is 0.302 e. The predicted octanol–water partition coefficient (Wildman–Crippen LogP) is 1.15. The van der Waals surface area contributed by atoms with Crippen LogP contribution in [0, 0.1) is 11.8 Å². The van der Waals surface area contributed by atoms with Gasteiger partial charge in [-0.1, -0.05) is 6.92 Å². The SMILES string of the molecule is CC1CC(CN2CCCS(=O)(=O)CC2)C1. The normalized spacial score (nSPS) is 36.9. The van der Waals surface area contributed by atoms with E-state index in [9.17, 15) is 8.42 Å². The Labute approximate surface area is 92.8 Å². The van der Waals surface area contributed by atoms with Crippen molar-refractivity contribution in [3.8, 4) is 0 Å². The lowest BCUT2D eigenvalue weighted by Gasteiger charge is -2.36. The molecule has 0 bridgehead atoms. The minimum atomic E-state index is -2.73. The van der Waals surface area contributed by atoms with E-state index < -0.39 is 9.84 Å². The fourth-order valence-electron chi connectivity index (χ4n) is 2.76. The fourth-order valence-corrected chi connectivity index (χ4v) is 4.07. The first-order chi connectivity index (χ1) is 7.05. The van der Waals surface area contributed by atoms with Crippen LogP contribution in [0.2, 0.25) is 0 Å². The lowest BCUT2D eigenvalue weighted by atomic mass is 9.76. The summed E-state index contributed by atoms with van der Waals surface area (Å²) in [5.74, 6) is 2.49. The molecule has 0 atom stereocenters. The molecule has 4 heteroatoms. The highest BCUT2D eigenvalue weighted by Gasteiger charge is 2.28. The Balaban J connectivity index is 1.79. The summed E-state index contributed by atoms with van der Waals surface area (Å²) in [6.45, 7) is 5.15. The van der Waals surface area contributed by atoms with Gasteiger partial charge in [-0.15, -0.1) is 0 Å². The molecule has 0 aromatic carbocycles. The van der Waals surface area contributed by atoms with Crippen molar-refractivity contribution in [2.24, 2.45) is 11.8 Å². The van der Waals surface area contributed by atoms with Crippen molar-refractivity contribution in [3.05, 3.63) is 0 Å². The molecule has 2 fully saturated rings. The van der Waals surface area contributed by atoms with E-state index in [1.807, 2.05) is 0 Å². The number of rotatable bonds is 2. The fraction of sp³-hybridized carbons (Fsp3) is 1.00. The molecule has 88 valence electrons. The summed E-state index contributed by atoms with van der Waals surface area (Å²) in [5.41, 5.74) is 0. The molecule has 0 aromatic rings. The van der Waals surface area contributed by atoms with Gasteiger partial charge in [-0.05, 0) is 37.6 Å². The smallest absolute Gasteiger partial charge is 0.151 e. The summed E-state index contributed by atoms with van der Waals surface area (Å²) in [6.07, 6.45) is 3.50. The maximum atomic E-state index is 11.4. The van der Waals surface area contributed by atoms with Crippen molar-refractivity contribution in [2.75, 3.05) is 31.1 Å². The molecule has 2 aliphatic rings. The Morgan fingerprint density at radius 2 is 1.93 bits per heavy atom. The standard InChI is InChI=1S/C11H21NO2S/c1-10-7-11(8-10)9-12-3-2-5-15(13,14)6-4-12/h10-11H,2-9H2,1H3. The molecule has 0 N–H and O–H groups in total. The van der Waals surface area contributed by atoms with E-state index in [1.165, 1.54) is 12.8 Å². The summed E-state index contributed by atoms with van der Waals surface area (Å²) < 4.78 is 22.8. The number of nitrogens with zero attached hydrogens (tertiary/aromatic N) is 1. The molecule has 1 aliphatic carbocycles. The van der Waals surface area contributed by atoms with Crippen LogP contribution >= 0.6 is 0 Å². The second-order valence-electron chi connectivity index (χ2n) is 5.25. The number of hydrogen-bond acceptors (Lipinski definition) is 3. The minimum Gasteiger partial charge on any atom is -0.302 e. The second-order valence-corrected chi connectivity index (χ2v) is 7.55. The molecule has 0 amide bonds. The van der Waals surface area contributed by atoms with Gasteiger partial charge >= 0.3 is 0 Å². The van der Waals surface area contributed by atoms with E-state index in [4.69, 9.17) is 0 Å². The first kappa shape index (κ1) is 11.4. The Hall–Kier alpha value is -0.0900. The summed E-state index contributed by atoms with van der Waals surface area (Å²) >= 11 is 0. The number of hydrogen-bond donors (Lipinski definition) is 0. The summed E-state index contributed by atoms with van der Waals surface area (Å²) in [5, 5.41) is 0. The first-order valence-corrected chi connectivity index (χ1v) is 7.80. The van der Waals surface area contributed by atoms with Crippen LogP contribution in [0.25, 0.3) is 0 Å². The second kappa shape index (κ2) is 4.42. The summed E-state index contributed by atoms with van der Waals surface area (Å²) in [6, 6.07) is 0. The van der Waals surface area contributed by atoms with Crippen molar-refractivity contribution >= 4 is 9.84 Å². The highest BCUT2D eigenvalue weighted by molar-refractivity contribution is 7.91. The Kier molecular flexibility index (Phi) is 3.36. The Morgan fingerprint density at radius 3 is 2.60 bits per heavy atom. The molecular formula is C11H21NO2S. The van der Waals surface area contributed by atoms with E-state index in [2.05, 4.69) is 11.8 Å². The van der Waals surface area contributed by atoms with Crippen molar-refractivity contribution in [1.82, 2.24) is 4.90 Å². The van der Waals surface area contributed by atoms with Gasteiger partial charge in [0.2, 0.25) is 0 Å². The van der Waals surface area contributed by atoms with Crippen molar-refractivity contribution < 1.29 is 8.42 Å². The molecule has 1 saturated carbocycles. The van der Waals surface area contributed by atoms with Gasteiger partial charge in [0.25, 0.3) is 0 Å². The topological polar surface area (TPSA) is 37.4 Å². The molecule has 3 nitrogen and oxygen atoms in total. The highest BCUT2D eigenvalue weighted by Crippen LogP contribution is 2.33. The lowest BCUT2D eigenvalue weighted by Crippen LogP contribution is -2.37. The Morgan fingerprint density at radius 1 is 1.20 bits per heavy atom. The molecule has 2 rings (SSSR count). The zero-order valence-corrected chi connectivity index (χ0v) is 10.3.